The molecule has 3 fully saturated rings. The Labute approximate surface area is 278 Å². The van der Waals surface area contributed by atoms with Crippen LogP contribution >= 0.6 is 11.6 Å². The van der Waals surface area contributed by atoms with Gasteiger partial charge in [0.2, 0.25) is 5.28 Å². The Hall–Kier alpha value is -4.46. The first-order chi connectivity index (χ1) is 22.7. The summed E-state index contributed by atoms with van der Waals surface area (Å²) in [5, 5.41) is 13.2. The van der Waals surface area contributed by atoms with Gasteiger partial charge in [0, 0.05) is 6.42 Å². The van der Waals surface area contributed by atoms with E-state index in [0.717, 1.165) is 25.7 Å². The van der Waals surface area contributed by atoms with Gasteiger partial charge in [-0.05, 0) is 63.5 Å². The van der Waals surface area contributed by atoms with Gasteiger partial charge in [-0.2, -0.15) is 9.97 Å². The van der Waals surface area contributed by atoms with E-state index in [1.54, 1.807) is 0 Å². The molecule has 17 heteroatoms. The molecule has 2 N–H and O–H groups in total. The van der Waals surface area contributed by atoms with Crippen LogP contribution in [0.2, 0.25) is 5.28 Å². The summed E-state index contributed by atoms with van der Waals surface area (Å²) >= 11 is 6.19. The van der Waals surface area contributed by atoms with Gasteiger partial charge >= 0.3 is 23.9 Å². The van der Waals surface area contributed by atoms with Crippen LogP contribution in [0.3, 0.4) is 0 Å². The number of ether oxygens (including phenoxy) is 4. The van der Waals surface area contributed by atoms with E-state index in [9.17, 15) is 24.3 Å². The summed E-state index contributed by atoms with van der Waals surface area (Å²) in [7, 11) is 0. The van der Waals surface area contributed by atoms with Crippen molar-refractivity contribution in [3.05, 3.63) is 33.7 Å². The Kier molecular flexibility index (Phi) is 8.73. The van der Waals surface area contributed by atoms with Gasteiger partial charge < -0.3 is 32.9 Å². The number of halogens is 1. The molecule has 3 atom stereocenters. The molecule has 3 aromatic heterocycles. The first kappa shape index (κ1) is 33.4. The van der Waals surface area contributed by atoms with Crippen LogP contribution in [0.1, 0.15) is 76.5 Å². The first-order valence-corrected chi connectivity index (χ1v) is 15.7. The number of aliphatic hydroxyl groups excluding tert-OH is 1. The van der Waals surface area contributed by atoms with Gasteiger partial charge in [-0.25, -0.2) is 14.6 Å². The fourth-order valence-corrected chi connectivity index (χ4v) is 6.57. The number of aryl methyl sites for hydroxylation is 1. The van der Waals surface area contributed by atoms with Crippen LogP contribution in [0, 0.1) is 30.6 Å². The number of fused-ring (bicyclic) bond motifs is 1. The van der Waals surface area contributed by atoms with E-state index < -0.39 is 41.4 Å². The molecule has 2 aliphatic carbocycles. The fourth-order valence-electron chi connectivity index (χ4n) is 6.40. The van der Waals surface area contributed by atoms with Gasteiger partial charge in [0.25, 0.3) is 0 Å². The number of amides is 1. The Morgan fingerprint density at radius 1 is 1.23 bits per heavy atom. The lowest BCUT2D eigenvalue weighted by molar-refractivity contribution is -0.171. The molecule has 3 aromatic rings. The number of rotatable bonds is 10. The summed E-state index contributed by atoms with van der Waals surface area (Å²) in [4.78, 5) is 61.7. The molecular weight excluding hydrogens is 654 g/mol. The molecule has 2 saturated carbocycles. The van der Waals surface area contributed by atoms with Crippen LogP contribution in [0.15, 0.2) is 20.0 Å². The third-order valence-electron chi connectivity index (χ3n) is 9.15. The smallest absolute Gasteiger partial charge is 0.461 e. The number of aliphatic hydroxyl groups is 1. The molecule has 3 aliphatic rings. The highest BCUT2D eigenvalue weighted by atomic mass is 35.5. The number of nitrogens with one attached hydrogen (secondary N) is 1. The predicted molar refractivity (Wildman–Crippen MR) is 163 cm³/mol. The van der Waals surface area contributed by atoms with E-state index in [-0.39, 0.29) is 71.7 Å². The van der Waals surface area contributed by atoms with Crippen molar-refractivity contribution in [2.75, 3.05) is 11.9 Å². The highest BCUT2D eigenvalue weighted by molar-refractivity contribution is 6.28. The van der Waals surface area contributed by atoms with Crippen LogP contribution in [0.25, 0.3) is 11.2 Å². The van der Waals surface area contributed by atoms with Crippen molar-refractivity contribution in [1.82, 2.24) is 19.5 Å². The fraction of sp³-hybridized carbons (Fsp3) is 0.581. The molecule has 0 radical (unpaired) electrons. The quantitative estimate of drug-likeness (QED) is 0.135. The molecule has 0 bridgehead atoms. The second-order valence-corrected chi connectivity index (χ2v) is 13.5. The molecule has 0 aromatic carbocycles. The lowest BCUT2D eigenvalue weighted by Gasteiger charge is -2.53. The van der Waals surface area contributed by atoms with Gasteiger partial charge in [-0.3, -0.25) is 19.5 Å². The number of esters is 2. The van der Waals surface area contributed by atoms with Crippen LogP contribution < -0.4 is 11.1 Å². The summed E-state index contributed by atoms with van der Waals surface area (Å²) in [6.07, 6.45) is 8.89. The number of aromatic nitrogens is 4. The molecule has 48 heavy (non-hydrogen) atoms. The Bertz CT molecular complexity index is 1850. The van der Waals surface area contributed by atoms with E-state index in [2.05, 4.69) is 26.2 Å². The van der Waals surface area contributed by atoms with E-state index in [4.69, 9.17) is 45.8 Å². The van der Waals surface area contributed by atoms with Crippen LogP contribution in [0.4, 0.5) is 10.6 Å². The second-order valence-electron chi connectivity index (χ2n) is 13.1. The molecule has 6 rings (SSSR count). The van der Waals surface area contributed by atoms with Crippen molar-refractivity contribution in [2.24, 2.45) is 11.3 Å². The minimum atomic E-state index is -1.60. The number of carbonyl (C=O) groups excluding carboxylic acids is 3. The molecule has 1 aliphatic heterocycles. The van der Waals surface area contributed by atoms with Crippen LogP contribution in [-0.2, 0) is 35.1 Å². The minimum Gasteiger partial charge on any atom is -0.461 e. The number of terminal acetylenes is 1. The van der Waals surface area contributed by atoms with E-state index in [1.165, 1.54) is 38.1 Å². The largest absolute Gasteiger partial charge is 0.519 e. The maximum absolute atomic E-state index is 12.9. The van der Waals surface area contributed by atoms with Gasteiger partial charge in [0.1, 0.15) is 24.5 Å². The van der Waals surface area contributed by atoms with E-state index in [0.29, 0.717) is 5.41 Å². The standard InChI is InChI=1S/C31H34ClN5O11/c1-5-31(14-44-25(40)17-10-30(11-17)7-6-8-30)19(38)9-20(47-31)37-15-33-22-23(34-26(32)36-24(22)37)35-27(41)48-29(3,4)12-21(39)43-13-18-16(2)45-28(42)46-18/h1,15,17,19-20,38H,6-14H2,2-4H3,(H,34,35,36,41)/t19-,20+,31+/m0/s1. The monoisotopic (exact) mass is 687 g/mol. The number of carbonyl (C=O) groups is 3. The van der Waals surface area contributed by atoms with Crippen molar-refractivity contribution >= 4 is 46.6 Å². The zero-order valence-electron chi connectivity index (χ0n) is 26.4. The maximum atomic E-state index is 12.9. The summed E-state index contributed by atoms with van der Waals surface area (Å²) in [5.74, 6) is 0.433. The topological polar surface area (TPSA) is 207 Å². The molecule has 1 amide bonds. The molecule has 256 valence electrons. The van der Waals surface area contributed by atoms with Crippen molar-refractivity contribution in [3.8, 4) is 12.3 Å². The molecule has 0 unspecified atom stereocenters. The summed E-state index contributed by atoms with van der Waals surface area (Å²) in [5.41, 5.74) is -2.38. The zero-order chi connectivity index (χ0) is 34.4. The lowest BCUT2D eigenvalue weighted by Crippen LogP contribution is -2.48. The maximum Gasteiger partial charge on any atom is 0.519 e. The Morgan fingerprint density at radius 2 is 1.98 bits per heavy atom. The van der Waals surface area contributed by atoms with Crippen molar-refractivity contribution in [3.63, 3.8) is 0 Å². The van der Waals surface area contributed by atoms with Crippen molar-refractivity contribution in [1.29, 1.82) is 0 Å². The molecule has 16 nitrogen and oxygen atoms in total. The molecule has 1 spiro atoms. The average Bonchev–Trinajstić information content (AvgIpc) is 3.62. The summed E-state index contributed by atoms with van der Waals surface area (Å²) in [6.45, 7) is 3.80. The highest BCUT2D eigenvalue weighted by Crippen LogP contribution is 2.59. The number of nitrogens with zero attached hydrogens (tertiary/aromatic N) is 4. The Balaban J connectivity index is 1.08. The third kappa shape index (κ3) is 6.62. The third-order valence-corrected chi connectivity index (χ3v) is 9.32. The second kappa shape index (κ2) is 12.5. The predicted octanol–water partition coefficient (Wildman–Crippen LogP) is 3.57. The number of anilines is 1. The average molecular weight is 688 g/mol. The summed E-state index contributed by atoms with van der Waals surface area (Å²) < 4.78 is 33.2. The van der Waals surface area contributed by atoms with Crippen molar-refractivity contribution in [2.45, 2.75) is 95.9 Å². The van der Waals surface area contributed by atoms with E-state index in [1.807, 2.05) is 0 Å². The van der Waals surface area contributed by atoms with Crippen LogP contribution in [-0.4, -0.2) is 66.6 Å². The molecule has 4 heterocycles. The molecular formula is C31H34ClN5O11. The Morgan fingerprint density at radius 3 is 2.62 bits per heavy atom. The molecule has 1 saturated heterocycles. The lowest BCUT2D eigenvalue weighted by atomic mass is 9.52. The van der Waals surface area contributed by atoms with Gasteiger partial charge in [-0.15, -0.1) is 6.42 Å². The number of hydrogen-bond acceptors (Lipinski definition) is 14. The highest BCUT2D eigenvalue weighted by Gasteiger charge is 2.53. The van der Waals surface area contributed by atoms with Crippen molar-refractivity contribution < 1.29 is 47.3 Å². The first-order valence-electron chi connectivity index (χ1n) is 15.4. The SMILES string of the molecule is C#C[C@]1(COC(=O)C2CC3(CCC3)C2)O[C@@H](n2cnc3c(NC(=O)OC(C)(C)CC(=O)OCc4oc(=O)oc4C)nc(Cl)nc32)C[C@@H]1O. The zero-order valence-corrected chi connectivity index (χ0v) is 27.2. The van der Waals surface area contributed by atoms with E-state index >= 15 is 0 Å². The van der Waals surface area contributed by atoms with Crippen LogP contribution in [0.5, 0.6) is 0 Å². The normalized spacial score (nSPS) is 23.2. The summed E-state index contributed by atoms with van der Waals surface area (Å²) in [6, 6.07) is 0. The van der Waals surface area contributed by atoms with Gasteiger partial charge in [0.15, 0.2) is 40.7 Å². The number of imidazole rings is 1. The van der Waals surface area contributed by atoms with Gasteiger partial charge in [-0.1, -0.05) is 12.3 Å². The number of hydrogen-bond donors (Lipinski definition) is 2. The van der Waals surface area contributed by atoms with Gasteiger partial charge in [0.05, 0.1) is 18.7 Å². The minimum absolute atomic E-state index is 0.0166.